The minimum atomic E-state index is 0.564. The second kappa shape index (κ2) is 4.33. The lowest BCUT2D eigenvalue weighted by atomic mass is 10.1. The number of hydrogen-bond donors (Lipinski definition) is 1. The van der Waals surface area contributed by atoms with E-state index in [-0.39, 0.29) is 0 Å². The Morgan fingerprint density at radius 3 is 2.65 bits per heavy atom. The third kappa shape index (κ3) is 2.63. The Bertz CT molecular complexity index is 392. The summed E-state index contributed by atoms with van der Waals surface area (Å²) in [5, 5.41) is 3.53. The van der Waals surface area contributed by atoms with Crippen molar-refractivity contribution in [3.8, 4) is 0 Å². The molecule has 1 atom stereocenters. The van der Waals surface area contributed by atoms with Gasteiger partial charge < -0.3 is 14.8 Å². The molecule has 17 heavy (non-hydrogen) atoms. The summed E-state index contributed by atoms with van der Waals surface area (Å²) < 4.78 is 2.14. The molecule has 1 heterocycles. The van der Waals surface area contributed by atoms with Gasteiger partial charge in [-0.3, -0.25) is 0 Å². The third-order valence-corrected chi connectivity index (χ3v) is 3.87. The van der Waals surface area contributed by atoms with Crippen LogP contribution in [0.1, 0.15) is 26.0 Å². The van der Waals surface area contributed by atoms with Crippen molar-refractivity contribution in [1.82, 2.24) is 14.9 Å². The molecule has 1 unspecified atom stereocenters. The van der Waals surface area contributed by atoms with Gasteiger partial charge in [0.1, 0.15) is 0 Å². The minimum Gasteiger partial charge on any atom is -0.348 e. The largest absolute Gasteiger partial charge is 0.348 e. The maximum absolute atomic E-state index is 4.41. The monoisotopic (exact) mass is 236 g/mol. The molecule has 1 aromatic rings. The molecule has 1 aliphatic rings. The van der Waals surface area contributed by atoms with Crippen molar-refractivity contribution in [2.75, 3.05) is 25.5 Å². The number of imidazole rings is 1. The lowest BCUT2D eigenvalue weighted by molar-refractivity contribution is 0.514. The first-order chi connectivity index (χ1) is 7.92. The van der Waals surface area contributed by atoms with Crippen molar-refractivity contribution in [1.29, 1.82) is 0 Å². The van der Waals surface area contributed by atoms with E-state index in [1.165, 1.54) is 12.1 Å². The molecule has 0 bridgehead atoms. The number of nitrogens with one attached hydrogen (secondary N) is 1. The summed E-state index contributed by atoms with van der Waals surface area (Å²) in [6.45, 7) is 6.71. The van der Waals surface area contributed by atoms with Gasteiger partial charge in [0.2, 0.25) is 5.95 Å². The molecule has 1 saturated carbocycles. The van der Waals surface area contributed by atoms with Crippen LogP contribution in [0.2, 0.25) is 0 Å². The summed E-state index contributed by atoms with van der Waals surface area (Å²) in [5.74, 6) is 1.86. The van der Waals surface area contributed by atoms with Crippen LogP contribution >= 0.6 is 0 Å². The summed E-state index contributed by atoms with van der Waals surface area (Å²) in [5.41, 5.74) is 1.81. The third-order valence-electron chi connectivity index (χ3n) is 3.87. The Morgan fingerprint density at radius 2 is 2.18 bits per heavy atom. The van der Waals surface area contributed by atoms with E-state index in [2.05, 4.69) is 35.8 Å². The molecule has 2 rings (SSSR count). The molecule has 0 saturated heterocycles. The van der Waals surface area contributed by atoms with Crippen molar-refractivity contribution in [2.45, 2.75) is 26.8 Å². The fraction of sp³-hybridized carbons (Fsp3) is 0.769. The smallest absolute Gasteiger partial charge is 0.204 e. The molecule has 0 amide bonds. The van der Waals surface area contributed by atoms with Crippen LogP contribution < -0.4 is 10.2 Å². The van der Waals surface area contributed by atoms with Gasteiger partial charge in [0, 0.05) is 27.7 Å². The molecule has 0 spiro atoms. The topological polar surface area (TPSA) is 33.1 Å². The first-order valence-corrected chi connectivity index (χ1v) is 6.30. The van der Waals surface area contributed by atoms with Gasteiger partial charge in [-0.1, -0.05) is 13.8 Å². The number of aromatic nitrogens is 2. The molecule has 0 aromatic carbocycles. The average Bonchev–Trinajstić information content (AvgIpc) is 2.66. The second-order valence-electron chi connectivity index (χ2n) is 6.02. The summed E-state index contributed by atoms with van der Waals surface area (Å²) in [6, 6.07) is 0. The minimum absolute atomic E-state index is 0.564. The van der Waals surface area contributed by atoms with Crippen molar-refractivity contribution < 1.29 is 0 Å². The Hall–Kier alpha value is -1.03. The average molecular weight is 236 g/mol. The zero-order valence-electron chi connectivity index (χ0n) is 11.6. The van der Waals surface area contributed by atoms with Crippen LogP contribution in [0.4, 0.5) is 5.95 Å². The zero-order valence-corrected chi connectivity index (χ0v) is 11.6. The van der Waals surface area contributed by atoms with Crippen LogP contribution in [0.3, 0.4) is 0 Å². The lowest BCUT2D eigenvalue weighted by Crippen LogP contribution is -2.20. The Morgan fingerprint density at radius 1 is 1.53 bits per heavy atom. The molecular weight excluding hydrogens is 212 g/mol. The summed E-state index contributed by atoms with van der Waals surface area (Å²) in [4.78, 5) is 6.44. The summed E-state index contributed by atoms with van der Waals surface area (Å²) >= 11 is 0. The van der Waals surface area contributed by atoms with E-state index in [9.17, 15) is 0 Å². The number of nitrogens with zero attached hydrogens (tertiary/aromatic N) is 3. The first-order valence-electron chi connectivity index (χ1n) is 6.30. The standard InChI is InChI=1S/C13H24N4/c1-13(2)6-10(13)7-14-8-11-9-15-12(16(3)4)17(11)5/h9-10,14H,6-8H2,1-5H3. The van der Waals surface area contributed by atoms with Gasteiger partial charge in [0.15, 0.2) is 0 Å². The van der Waals surface area contributed by atoms with Gasteiger partial charge in [0.25, 0.3) is 0 Å². The van der Waals surface area contributed by atoms with Gasteiger partial charge in [0.05, 0.1) is 11.9 Å². The molecule has 0 radical (unpaired) electrons. The molecule has 1 aliphatic carbocycles. The van der Waals surface area contributed by atoms with Crippen LogP contribution in [-0.4, -0.2) is 30.2 Å². The van der Waals surface area contributed by atoms with Gasteiger partial charge in [-0.15, -0.1) is 0 Å². The molecule has 96 valence electrons. The molecule has 1 aromatic heterocycles. The van der Waals surface area contributed by atoms with Crippen LogP contribution in [0, 0.1) is 11.3 Å². The summed E-state index contributed by atoms with van der Waals surface area (Å²) in [7, 11) is 6.11. The summed E-state index contributed by atoms with van der Waals surface area (Å²) in [6.07, 6.45) is 3.31. The highest BCUT2D eigenvalue weighted by Gasteiger charge is 2.44. The molecule has 0 aliphatic heterocycles. The number of hydrogen-bond acceptors (Lipinski definition) is 3. The predicted molar refractivity (Wildman–Crippen MR) is 71.1 cm³/mol. The maximum Gasteiger partial charge on any atom is 0.204 e. The Kier molecular flexibility index (Phi) is 3.17. The lowest BCUT2D eigenvalue weighted by Gasteiger charge is -2.13. The second-order valence-corrected chi connectivity index (χ2v) is 6.02. The molecular formula is C13H24N4. The van der Waals surface area contributed by atoms with E-state index in [0.29, 0.717) is 5.41 Å². The fourth-order valence-electron chi connectivity index (χ4n) is 2.31. The highest BCUT2D eigenvalue weighted by Crippen LogP contribution is 2.50. The Balaban J connectivity index is 1.83. The molecule has 4 nitrogen and oxygen atoms in total. The quantitative estimate of drug-likeness (QED) is 0.843. The van der Waals surface area contributed by atoms with E-state index in [4.69, 9.17) is 0 Å². The normalized spacial score (nSPS) is 21.6. The van der Waals surface area contributed by atoms with E-state index >= 15 is 0 Å². The van der Waals surface area contributed by atoms with Crippen LogP contribution in [0.5, 0.6) is 0 Å². The van der Waals surface area contributed by atoms with Gasteiger partial charge in [-0.2, -0.15) is 0 Å². The maximum atomic E-state index is 4.41. The molecule has 1 N–H and O–H groups in total. The van der Waals surface area contributed by atoms with Gasteiger partial charge in [-0.05, 0) is 24.3 Å². The van der Waals surface area contributed by atoms with Crippen molar-refractivity contribution in [2.24, 2.45) is 18.4 Å². The van der Waals surface area contributed by atoms with Crippen molar-refractivity contribution in [3.05, 3.63) is 11.9 Å². The van der Waals surface area contributed by atoms with E-state index < -0.39 is 0 Å². The van der Waals surface area contributed by atoms with Gasteiger partial charge >= 0.3 is 0 Å². The molecule has 4 heteroatoms. The van der Waals surface area contributed by atoms with Crippen molar-refractivity contribution >= 4 is 5.95 Å². The predicted octanol–water partition coefficient (Wildman–Crippen LogP) is 1.62. The van der Waals surface area contributed by atoms with Crippen molar-refractivity contribution in [3.63, 3.8) is 0 Å². The number of rotatable bonds is 5. The molecule has 1 fully saturated rings. The highest BCUT2D eigenvalue weighted by molar-refractivity contribution is 5.30. The van der Waals surface area contributed by atoms with E-state index in [1.807, 2.05) is 25.2 Å². The zero-order chi connectivity index (χ0) is 12.6. The highest BCUT2D eigenvalue weighted by atomic mass is 15.3. The van der Waals surface area contributed by atoms with Crippen LogP contribution in [0.25, 0.3) is 0 Å². The van der Waals surface area contributed by atoms with Crippen LogP contribution in [0.15, 0.2) is 6.20 Å². The fourth-order valence-corrected chi connectivity index (χ4v) is 2.31. The van der Waals surface area contributed by atoms with E-state index in [0.717, 1.165) is 25.0 Å². The van der Waals surface area contributed by atoms with Crippen LogP contribution in [-0.2, 0) is 13.6 Å². The first kappa shape index (κ1) is 12.4. The Labute approximate surface area is 104 Å². The number of anilines is 1. The van der Waals surface area contributed by atoms with E-state index in [1.54, 1.807) is 0 Å². The SMILES string of the molecule is CN(C)c1ncc(CNCC2CC2(C)C)n1C. The van der Waals surface area contributed by atoms with Gasteiger partial charge in [-0.25, -0.2) is 4.98 Å².